The SMILES string of the molecule is Cc1nnc2c(NC(C)(CO)c3ccccc3)nccn12. The minimum Gasteiger partial charge on any atom is -0.394 e. The second-order valence-electron chi connectivity index (χ2n) is 5.20. The van der Waals surface area contributed by atoms with E-state index in [9.17, 15) is 5.11 Å². The van der Waals surface area contributed by atoms with Gasteiger partial charge in [-0.25, -0.2) is 4.98 Å². The molecule has 0 spiro atoms. The van der Waals surface area contributed by atoms with Crippen molar-refractivity contribution in [2.24, 2.45) is 0 Å². The molecule has 1 unspecified atom stereocenters. The van der Waals surface area contributed by atoms with Gasteiger partial charge in [0.05, 0.1) is 12.1 Å². The standard InChI is InChI=1S/C15H17N5O/c1-11-18-19-14-13(16-8-9-20(11)14)17-15(2,10-21)12-6-4-3-5-7-12/h3-9,21H,10H2,1-2H3,(H,16,17). The third-order valence-electron chi connectivity index (χ3n) is 3.62. The smallest absolute Gasteiger partial charge is 0.203 e. The highest BCUT2D eigenvalue weighted by Crippen LogP contribution is 2.26. The van der Waals surface area contributed by atoms with Crippen molar-refractivity contribution in [1.82, 2.24) is 19.6 Å². The molecule has 2 aromatic heterocycles. The van der Waals surface area contributed by atoms with Gasteiger partial charge in [0.1, 0.15) is 5.82 Å². The minimum absolute atomic E-state index is 0.0626. The summed E-state index contributed by atoms with van der Waals surface area (Å²) in [6.45, 7) is 3.75. The monoisotopic (exact) mass is 283 g/mol. The van der Waals surface area contributed by atoms with Crippen LogP contribution in [0.1, 0.15) is 18.3 Å². The van der Waals surface area contributed by atoms with Gasteiger partial charge in [0, 0.05) is 12.4 Å². The fourth-order valence-corrected chi connectivity index (χ4v) is 2.30. The van der Waals surface area contributed by atoms with Gasteiger partial charge in [-0.2, -0.15) is 0 Å². The van der Waals surface area contributed by atoms with Gasteiger partial charge in [-0.3, -0.25) is 4.40 Å². The predicted octanol–water partition coefficient (Wildman–Crippen LogP) is 1.75. The predicted molar refractivity (Wildman–Crippen MR) is 80.0 cm³/mol. The van der Waals surface area contributed by atoms with E-state index in [2.05, 4.69) is 20.5 Å². The van der Waals surface area contributed by atoms with Crippen molar-refractivity contribution in [3.8, 4) is 0 Å². The van der Waals surface area contributed by atoms with Crippen LogP contribution in [0.2, 0.25) is 0 Å². The van der Waals surface area contributed by atoms with E-state index in [1.54, 1.807) is 6.20 Å². The molecule has 0 saturated heterocycles. The Morgan fingerprint density at radius 1 is 1.24 bits per heavy atom. The molecule has 2 heterocycles. The van der Waals surface area contributed by atoms with Gasteiger partial charge in [-0.1, -0.05) is 30.3 Å². The Morgan fingerprint density at radius 2 is 2.00 bits per heavy atom. The Hall–Kier alpha value is -2.47. The Labute approximate surface area is 122 Å². The lowest BCUT2D eigenvalue weighted by molar-refractivity contribution is 0.224. The van der Waals surface area contributed by atoms with Crippen LogP contribution >= 0.6 is 0 Å². The third kappa shape index (κ3) is 2.34. The molecule has 0 amide bonds. The maximum atomic E-state index is 9.84. The number of nitrogens with zero attached hydrogens (tertiary/aromatic N) is 4. The number of hydrogen-bond donors (Lipinski definition) is 2. The first-order chi connectivity index (χ1) is 10.1. The fourth-order valence-electron chi connectivity index (χ4n) is 2.30. The molecule has 108 valence electrons. The van der Waals surface area contributed by atoms with Crippen LogP contribution in [0.3, 0.4) is 0 Å². The van der Waals surface area contributed by atoms with E-state index in [1.807, 2.05) is 54.8 Å². The van der Waals surface area contributed by atoms with Gasteiger partial charge < -0.3 is 10.4 Å². The Balaban J connectivity index is 2.04. The molecule has 3 aromatic rings. The van der Waals surface area contributed by atoms with Crippen LogP contribution in [0.15, 0.2) is 42.7 Å². The van der Waals surface area contributed by atoms with Gasteiger partial charge >= 0.3 is 0 Å². The minimum atomic E-state index is -0.643. The molecule has 6 nitrogen and oxygen atoms in total. The summed E-state index contributed by atoms with van der Waals surface area (Å²) < 4.78 is 1.86. The number of rotatable bonds is 4. The molecule has 0 aliphatic rings. The third-order valence-corrected chi connectivity index (χ3v) is 3.62. The van der Waals surface area contributed by atoms with E-state index >= 15 is 0 Å². The zero-order valence-electron chi connectivity index (χ0n) is 12.0. The highest BCUT2D eigenvalue weighted by Gasteiger charge is 2.27. The second kappa shape index (κ2) is 5.14. The highest BCUT2D eigenvalue weighted by atomic mass is 16.3. The Bertz CT molecular complexity index is 755. The van der Waals surface area contributed by atoms with Gasteiger partial charge in [-0.05, 0) is 19.4 Å². The Kier molecular flexibility index (Phi) is 3.31. The molecular weight excluding hydrogens is 266 g/mol. The van der Waals surface area contributed by atoms with Crippen LogP contribution in [0.5, 0.6) is 0 Å². The Morgan fingerprint density at radius 3 is 2.71 bits per heavy atom. The summed E-state index contributed by atoms with van der Waals surface area (Å²) >= 11 is 0. The summed E-state index contributed by atoms with van der Waals surface area (Å²) in [6.07, 6.45) is 3.50. The zero-order valence-corrected chi connectivity index (χ0v) is 12.0. The van der Waals surface area contributed by atoms with E-state index < -0.39 is 5.54 Å². The van der Waals surface area contributed by atoms with E-state index in [-0.39, 0.29) is 6.61 Å². The van der Waals surface area contributed by atoms with Crippen LogP contribution in [0.4, 0.5) is 5.82 Å². The molecule has 0 aliphatic heterocycles. The van der Waals surface area contributed by atoms with Crippen LogP contribution in [-0.2, 0) is 5.54 Å². The van der Waals surface area contributed by atoms with E-state index in [0.717, 1.165) is 11.4 Å². The van der Waals surface area contributed by atoms with E-state index in [1.165, 1.54) is 0 Å². The summed E-state index contributed by atoms with van der Waals surface area (Å²) in [5, 5.41) is 21.3. The summed E-state index contributed by atoms with van der Waals surface area (Å²) in [5.74, 6) is 1.39. The number of anilines is 1. The molecule has 0 radical (unpaired) electrons. The number of nitrogens with one attached hydrogen (secondary N) is 1. The maximum Gasteiger partial charge on any atom is 0.203 e. The summed E-state index contributed by atoms with van der Waals surface area (Å²) in [5.41, 5.74) is 0.980. The average molecular weight is 283 g/mol. The zero-order chi connectivity index (χ0) is 14.9. The lowest BCUT2D eigenvalue weighted by atomic mass is 9.93. The molecule has 6 heteroatoms. The fraction of sp³-hybridized carbons (Fsp3) is 0.267. The highest BCUT2D eigenvalue weighted by molar-refractivity contribution is 5.63. The van der Waals surface area contributed by atoms with Crippen LogP contribution in [-0.4, -0.2) is 31.3 Å². The van der Waals surface area contributed by atoms with Crippen LogP contribution < -0.4 is 5.32 Å². The van der Waals surface area contributed by atoms with Crippen molar-refractivity contribution in [3.05, 3.63) is 54.1 Å². The maximum absolute atomic E-state index is 9.84. The molecule has 0 saturated carbocycles. The molecule has 2 N–H and O–H groups in total. The number of aryl methyl sites for hydroxylation is 1. The van der Waals surface area contributed by atoms with Crippen molar-refractivity contribution in [2.75, 3.05) is 11.9 Å². The molecule has 1 aromatic carbocycles. The summed E-state index contributed by atoms with van der Waals surface area (Å²) in [4.78, 5) is 4.33. The number of aliphatic hydroxyl groups is 1. The van der Waals surface area contributed by atoms with E-state index in [4.69, 9.17) is 0 Å². The van der Waals surface area contributed by atoms with Crippen molar-refractivity contribution < 1.29 is 5.11 Å². The normalized spacial score (nSPS) is 14.0. The molecule has 1 atom stereocenters. The quantitative estimate of drug-likeness (QED) is 0.763. The van der Waals surface area contributed by atoms with E-state index in [0.29, 0.717) is 11.5 Å². The number of hydrogen-bond acceptors (Lipinski definition) is 5. The van der Waals surface area contributed by atoms with Gasteiger partial charge in [0.25, 0.3) is 0 Å². The van der Waals surface area contributed by atoms with Crippen LogP contribution in [0.25, 0.3) is 5.65 Å². The second-order valence-corrected chi connectivity index (χ2v) is 5.20. The van der Waals surface area contributed by atoms with Gasteiger partial charge in [0.15, 0.2) is 5.82 Å². The molecule has 0 bridgehead atoms. The number of benzene rings is 1. The number of aliphatic hydroxyl groups excluding tert-OH is 1. The first-order valence-electron chi connectivity index (χ1n) is 6.75. The van der Waals surface area contributed by atoms with Crippen molar-refractivity contribution in [3.63, 3.8) is 0 Å². The largest absolute Gasteiger partial charge is 0.394 e. The first-order valence-corrected chi connectivity index (χ1v) is 6.75. The van der Waals surface area contributed by atoms with Crippen molar-refractivity contribution in [2.45, 2.75) is 19.4 Å². The summed E-state index contributed by atoms with van der Waals surface area (Å²) in [6, 6.07) is 9.78. The summed E-state index contributed by atoms with van der Waals surface area (Å²) in [7, 11) is 0. The molecular formula is C15H17N5O. The van der Waals surface area contributed by atoms with Gasteiger partial charge in [0.2, 0.25) is 5.65 Å². The molecule has 0 aliphatic carbocycles. The molecule has 3 rings (SSSR count). The molecule has 21 heavy (non-hydrogen) atoms. The average Bonchev–Trinajstić information content (AvgIpc) is 2.91. The van der Waals surface area contributed by atoms with Gasteiger partial charge in [-0.15, -0.1) is 10.2 Å². The number of fused-ring (bicyclic) bond motifs is 1. The first kappa shape index (κ1) is 13.5. The van der Waals surface area contributed by atoms with Crippen molar-refractivity contribution in [1.29, 1.82) is 0 Å². The van der Waals surface area contributed by atoms with Crippen LogP contribution in [0, 0.1) is 6.92 Å². The lowest BCUT2D eigenvalue weighted by Crippen LogP contribution is -2.36. The number of aromatic nitrogens is 4. The molecule has 0 fully saturated rings. The topological polar surface area (TPSA) is 75.3 Å². The van der Waals surface area contributed by atoms with Crippen molar-refractivity contribution >= 4 is 11.5 Å². The lowest BCUT2D eigenvalue weighted by Gasteiger charge is -2.29.